The minimum atomic E-state index is -0.496. The monoisotopic (exact) mass is 308 g/mol. The van der Waals surface area contributed by atoms with Gasteiger partial charge in [0, 0.05) is 23.6 Å². The van der Waals surface area contributed by atoms with Gasteiger partial charge in [-0.05, 0) is 19.4 Å². The summed E-state index contributed by atoms with van der Waals surface area (Å²) in [5.41, 5.74) is 7.49. The van der Waals surface area contributed by atoms with Crippen molar-refractivity contribution in [2.24, 2.45) is 5.73 Å². The summed E-state index contributed by atoms with van der Waals surface area (Å²) in [5, 5.41) is 0. The number of nitrogens with two attached hydrogens (primary N) is 1. The number of carbonyl (C=O) groups is 1. The molecule has 1 aromatic rings. The van der Waals surface area contributed by atoms with Crippen molar-refractivity contribution in [3.63, 3.8) is 0 Å². The molecule has 2 N–H and O–H groups in total. The van der Waals surface area contributed by atoms with Crippen LogP contribution in [0.2, 0.25) is 0 Å². The van der Waals surface area contributed by atoms with Crippen LogP contribution in [0, 0.1) is 0 Å². The van der Waals surface area contributed by atoms with Gasteiger partial charge in [-0.3, -0.25) is 4.79 Å². The molecule has 0 aromatic heterocycles. The number of ether oxygens (including phenoxy) is 1. The Balaban J connectivity index is 1.92. The standard InChI is InChI=1S/C16H24N2O2S/c1-16(2,21-12-13-6-4-3-5-7-13)14(17)15(19)18-8-10-20-11-9-18/h3-7,14H,8-12,17H2,1-2H3/t14-/m1/s1. The van der Waals surface area contributed by atoms with Gasteiger partial charge in [0.05, 0.1) is 19.3 Å². The molecule has 1 saturated heterocycles. The number of hydrogen-bond donors (Lipinski definition) is 1. The predicted molar refractivity (Wildman–Crippen MR) is 87.2 cm³/mol. The zero-order chi connectivity index (χ0) is 15.3. The molecule has 116 valence electrons. The first kappa shape index (κ1) is 16.3. The molecule has 1 amide bonds. The van der Waals surface area contributed by atoms with Crippen molar-refractivity contribution in [3.05, 3.63) is 35.9 Å². The van der Waals surface area contributed by atoms with Gasteiger partial charge < -0.3 is 15.4 Å². The fraction of sp³-hybridized carbons (Fsp3) is 0.562. The van der Waals surface area contributed by atoms with E-state index in [-0.39, 0.29) is 10.7 Å². The summed E-state index contributed by atoms with van der Waals surface area (Å²) in [7, 11) is 0. The lowest BCUT2D eigenvalue weighted by Gasteiger charge is -2.35. The third-order valence-electron chi connectivity index (χ3n) is 3.79. The highest BCUT2D eigenvalue weighted by atomic mass is 32.2. The molecule has 1 aromatic carbocycles. The Morgan fingerprint density at radius 2 is 1.95 bits per heavy atom. The quantitative estimate of drug-likeness (QED) is 0.902. The van der Waals surface area contributed by atoms with Crippen LogP contribution >= 0.6 is 11.8 Å². The van der Waals surface area contributed by atoms with Crippen molar-refractivity contribution in [2.45, 2.75) is 30.4 Å². The largest absolute Gasteiger partial charge is 0.378 e. The SMILES string of the molecule is CC(C)(SCc1ccccc1)[C@H](N)C(=O)N1CCOCC1. The summed E-state index contributed by atoms with van der Waals surface area (Å²) in [6.45, 7) is 6.59. The van der Waals surface area contributed by atoms with Crippen molar-refractivity contribution >= 4 is 17.7 Å². The summed E-state index contributed by atoms with van der Waals surface area (Å²) in [5.74, 6) is 0.890. The molecule has 0 radical (unpaired) electrons. The lowest BCUT2D eigenvalue weighted by Crippen LogP contribution is -2.55. The molecule has 1 heterocycles. The second-order valence-corrected chi connectivity index (χ2v) is 7.42. The van der Waals surface area contributed by atoms with E-state index in [1.165, 1.54) is 5.56 Å². The van der Waals surface area contributed by atoms with E-state index in [4.69, 9.17) is 10.5 Å². The van der Waals surface area contributed by atoms with Gasteiger partial charge in [-0.25, -0.2) is 0 Å². The molecule has 0 spiro atoms. The molecule has 0 bridgehead atoms. The van der Waals surface area contributed by atoms with Crippen LogP contribution in [0.5, 0.6) is 0 Å². The van der Waals surface area contributed by atoms with Gasteiger partial charge in [0.2, 0.25) is 5.91 Å². The Morgan fingerprint density at radius 3 is 2.57 bits per heavy atom. The van der Waals surface area contributed by atoms with Crippen LogP contribution in [0.25, 0.3) is 0 Å². The summed E-state index contributed by atoms with van der Waals surface area (Å²) in [6, 6.07) is 9.76. The van der Waals surface area contributed by atoms with Crippen LogP contribution in [0.4, 0.5) is 0 Å². The van der Waals surface area contributed by atoms with Crippen molar-refractivity contribution in [2.75, 3.05) is 26.3 Å². The molecule has 1 fully saturated rings. The molecule has 1 aliphatic rings. The van der Waals surface area contributed by atoms with Gasteiger partial charge in [0.1, 0.15) is 0 Å². The van der Waals surface area contributed by atoms with Crippen molar-refractivity contribution in [1.29, 1.82) is 0 Å². The maximum absolute atomic E-state index is 12.5. The van der Waals surface area contributed by atoms with E-state index in [0.717, 1.165) is 5.75 Å². The first-order chi connectivity index (χ1) is 10.0. The summed E-state index contributed by atoms with van der Waals surface area (Å²) >= 11 is 1.73. The van der Waals surface area contributed by atoms with Crippen LogP contribution in [-0.4, -0.2) is 47.9 Å². The number of morpholine rings is 1. The van der Waals surface area contributed by atoms with Crippen LogP contribution in [0.3, 0.4) is 0 Å². The van der Waals surface area contributed by atoms with E-state index >= 15 is 0 Å². The Labute approximate surface area is 131 Å². The van der Waals surface area contributed by atoms with Gasteiger partial charge >= 0.3 is 0 Å². The van der Waals surface area contributed by atoms with E-state index in [9.17, 15) is 4.79 Å². The normalized spacial score (nSPS) is 17.6. The van der Waals surface area contributed by atoms with Crippen molar-refractivity contribution in [3.8, 4) is 0 Å². The van der Waals surface area contributed by atoms with Gasteiger partial charge in [0.15, 0.2) is 0 Å². The highest BCUT2D eigenvalue weighted by molar-refractivity contribution is 7.99. The first-order valence-electron chi connectivity index (χ1n) is 7.31. The Hall–Kier alpha value is -1.04. The second kappa shape index (κ2) is 7.29. The molecule has 2 rings (SSSR count). The van der Waals surface area contributed by atoms with Gasteiger partial charge in [0.25, 0.3) is 0 Å². The van der Waals surface area contributed by atoms with Crippen molar-refractivity contribution < 1.29 is 9.53 Å². The van der Waals surface area contributed by atoms with E-state index in [1.54, 1.807) is 11.8 Å². The van der Waals surface area contributed by atoms with Gasteiger partial charge in [-0.1, -0.05) is 30.3 Å². The minimum Gasteiger partial charge on any atom is -0.378 e. The molecule has 1 aliphatic heterocycles. The van der Waals surface area contributed by atoms with Crippen LogP contribution < -0.4 is 5.73 Å². The summed E-state index contributed by atoms with van der Waals surface area (Å²) in [6.07, 6.45) is 0. The average Bonchev–Trinajstić information content (AvgIpc) is 2.53. The van der Waals surface area contributed by atoms with E-state index in [0.29, 0.717) is 26.3 Å². The van der Waals surface area contributed by atoms with E-state index < -0.39 is 6.04 Å². The highest BCUT2D eigenvalue weighted by Crippen LogP contribution is 2.31. The lowest BCUT2D eigenvalue weighted by atomic mass is 10.0. The fourth-order valence-corrected chi connectivity index (χ4v) is 3.22. The highest BCUT2D eigenvalue weighted by Gasteiger charge is 2.35. The Kier molecular flexibility index (Phi) is 5.67. The molecule has 4 nitrogen and oxygen atoms in total. The van der Waals surface area contributed by atoms with E-state index in [2.05, 4.69) is 12.1 Å². The summed E-state index contributed by atoms with van der Waals surface area (Å²) < 4.78 is 4.98. The third-order valence-corrected chi connectivity index (χ3v) is 5.27. The number of amides is 1. The van der Waals surface area contributed by atoms with E-state index in [1.807, 2.05) is 36.9 Å². The van der Waals surface area contributed by atoms with Gasteiger partial charge in [-0.15, -0.1) is 11.8 Å². The van der Waals surface area contributed by atoms with Crippen molar-refractivity contribution in [1.82, 2.24) is 4.90 Å². The maximum Gasteiger partial charge on any atom is 0.241 e. The molecule has 1 atom stereocenters. The first-order valence-corrected chi connectivity index (χ1v) is 8.29. The molecule has 0 aliphatic carbocycles. The molecule has 21 heavy (non-hydrogen) atoms. The van der Waals surface area contributed by atoms with Crippen LogP contribution in [0.1, 0.15) is 19.4 Å². The Morgan fingerprint density at radius 1 is 1.33 bits per heavy atom. The smallest absolute Gasteiger partial charge is 0.241 e. The average molecular weight is 308 g/mol. The molecule has 5 heteroatoms. The number of thioether (sulfide) groups is 1. The predicted octanol–water partition coefficient (Wildman–Crippen LogP) is 1.88. The molecule has 0 unspecified atom stereocenters. The molecular weight excluding hydrogens is 284 g/mol. The maximum atomic E-state index is 12.5. The zero-order valence-electron chi connectivity index (χ0n) is 12.7. The van der Waals surface area contributed by atoms with Gasteiger partial charge in [-0.2, -0.15) is 0 Å². The molecular formula is C16H24N2O2S. The summed E-state index contributed by atoms with van der Waals surface area (Å²) in [4.78, 5) is 14.3. The van der Waals surface area contributed by atoms with Crippen LogP contribution in [-0.2, 0) is 15.3 Å². The number of benzene rings is 1. The Bertz CT molecular complexity index is 459. The second-order valence-electron chi connectivity index (χ2n) is 5.79. The number of hydrogen-bond acceptors (Lipinski definition) is 4. The number of nitrogens with zero attached hydrogens (tertiary/aromatic N) is 1. The fourth-order valence-electron chi connectivity index (χ4n) is 2.21. The topological polar surface area (TPSA) is 55.6 Å². The third kappa shape index (κ3) is 4.46. The zero-order valence-corrected chi connectivity index (χ0v) is 13.6. The minimum absolute atomic E-state index is 0.0314. The lowest BCUT2D eigenvalue weighted by molar-refractivity contribution is -0.137. The number of carbonyl (C=O) groups excluding carboxylic acids is 1. The number of rotatable bonds is 5. The molecule has 0 saturated carbocycles. The van der Waals surface area contributed by atoms with Crippen LogP contribution in [0.15, 0.2) is 30.3 Å².